The zero-order chi connectivity index (χ0) is 14.7. The number of rotatable bonds is 5. The first-order chi connectivity index (χ1) is 10.2. The molecule has 1 aliphatic carbocycles. The molecule has 1 N–H and O–H groups in total. The molecular weight excluding hydrogens is 260 g/mol. The van der Waals surface area contributed by atoms with E-state index in [9.17, 15) is 0 Å². The molecule has 1 aromatic rings. The van der Waals surface area contributed by atoms with Crippen LogP contribution in [0.15, 0.2) is 12.5 Å². The van der Waals surface area contributed by atoms with Gasteiger partial charge in [0.25, 0.3) is 0 Å². The molecule has 2 heterocycles. The molecule has 1 saturated carbocycles. The maximum Gasteiger partial charge on any atom is 0.0948 e. The Bertz CT molecular complexity index is 441. The fourth-order valence-corrected chi connectivity index (χ4v) is 4.03. The van der Waals surface area contributed by atoms with E-state index in [0.29, 0.717) is 5.41 Å². The molecule has 0 radical (unpaired) electrons. The molecule has 21 heavy (non-hydrogen) atoms. The standard InChI is InChI=1S/C17H30N4/c1-17(7-9-18-10-8-17)16-13-19-14-21(16)12-11-20(2)15-5-3-4-6-15/h13-15,18H,3-12H2,1-2H3. The van der Waals surface area contributed by atoms with Crippen LogP contribution in [0.4, 0.5) is 0 Å². The number of hydrogen-bond donors (Lipinski definition) is 1. The van der Waals surface area contributed by atoms with Crippen molar-refractivity contribution in [3.05, 3.63) is 18.2 Å². The molecule has 0 atom stereocenters. The fourth-order valence-electron chi connectivity index (χ4n) is 4.03. The molecule has 0 aromatic carbocycles. The molecule has 2 aliphatic rings. The normalized spacial score (nSPS) is 23.0. The summed E-state index contributed by atoms with van der Waals surface area (Å²) in [5.74, 6) is 0. The van der Waals surface area contributed by atoms with Crippen LogP contribution in [0.3, 0.4) is 0 Å². The second-order valence-corrected chi connectivity index (χ2v) is 7.20. The summed E-state index contributed by atoms with van der Waals surface area (Å²) in [7, 11) is 2.29. The molecule has 4 nitrogen and oxygen atoms in total. The van der Waals surface area contributed by atoms with Crippen molar-refractivity contribution in [3.8, 4) is 0 Å². The van der Waals surface area contributed by atoms with Gasteiger partial charge >= 0.3 is 0 Å². The third-order valence-corrected chi connectivity index (χ3v) is 5.68. The summed E-state index contributed by atoms with van der Waals surface area (Å²) in [6.45, 7) is 6.88. The predicted molar refractivity (Wildman–Crippen MR) is 86.6 cm³/mol. The Morgan fingerprint density at radius 3 is 2.76 bits per heavy atom. The predicted octanol–water partition coefficient (Wildman–Crippen LogP) is 2.40. The lowest BCUT2D eigenvalue weighted by atomic mass is 9.78. The van der Waals surface area contributed by atoms with Gasteiger partial charge in [0.2, 0.25) is 0 Å². The average molecular weight is 290 g/mol. The molecular formula is C17H30N4. The quantitative estimate of drug-likeness (QED) is 0.904. The van der Waals surface area contributed by atoms with Gasteiger partial charge in [-0.25, -0.2) is 4.98 Å². The highest BCUT2D eigenvalue weighted by Crippen LogP contribution is 2.32. The van der Waals surface area contributed by atoms with E-state index < -0.39 is 0 Å². The largest absolute Gasteiger partial charge is 0.333 e. The molecule has 1 aromatic heterocycles. The van der Waals surface area contributed by atoms with Gasteiger partial charge in [-0.05, 0) is 45.8 Å². The number of nitrogens with zero attached hydrogens (tertiary/aromatic N) is 3. The van der Waals surface area contributed by atoms with E-state index in [0.717, 1.165) is 32.2 Å². The third-order valence-electron chi connectivity index (χ3n) is 5.68. The van der Waals surface area contributed by atoms with E-state index >= 15 is 0 Å². The second-order valence-electron chi connectivity index (χ2n) is 7.20. The monoisotopic (exact) mass is 290 g/mol. The number of hydrogen-bond acceptors (Lipinski definition) is 3. The topological polar surface area (TPSA) is 33.1 Å². The summed E-state index contributed by atoms with van der Waals surface area (Å²) in [5, 5.41) is 3.47. The van der Waals surface area contributed by atoms with E-state index in [1.165, 1.54) is 44.2 Å². The zero-order valence-electron chi connectivity index (χ0n) is 13.6. The minimum Gasteiger partial charge on any atom is -0.333 e. The third kappa shape index (κ3) is 3.32. The first kappa shape index (κ1) is 15.0. The van der Waals surface area contributed by atoms with Crippen LogP contribution in [0.25, 0.3) is 0 Å². The number of aromatic nitrogens is 2. The van der Waals surface area contributed by atoms with Crippen molar-refractivity contribution < 1.29 is 0 Å². The molecule has 0 bridgehead atoms. The van der Waals surface area contributed by atoms with Crippen LogP contribution in [0.1, 0.15) is 51.1 Å². The Morgan fingerprint density at radius 2 is 2.05 bits per heavy atom. The lowest BCUT2D eigenvalue weighted by molar-refractivity contribution is 0.231. The first-order valence-electron chi connectivity index (χ1n) is 8.61. The Kier molecular flexibility index (Phi) is 4.65. The van der Waals surface area contributed by atoms with Gasteiger partial charge in [0.05, 0.1) is 6.33 Å². The highest BCUT2D eigenvalue weighted by atomic mass is 15.2. The van der Waals surface area contributed by atoms with E-state index in [2.05, 4.69) is 39.9 Å². The van der Waals surface area contributed by atoms with Crippen molar-refractivity contribution in [3.63, 3.8) is 0 Å². The molecule has 4 heteroatoms. The van der Waals surface area contributed by atoms with E-state index in [4.69, 9.17) is 0 Å². The molecule has 3 rings (SSSR count). The van der Waals surface area contributed by atoms with Crippen molar-refractivity contribution in [2.75, 3.05) is 26.7 Å². The highest BCUT2D eigenvalue weighted by molar-refractivity contribution is 5.15. The average Bonchev–Trinajstić information content (AvgIpc) is 3.17. The molecule has 1 saturated heterocycles. The van der Waals surface area contributed by atoms with Crippen molar-refractivity contribution in [1.29, 1.82) is 0 Å². The molecule has 0 unspecified atom stereocenters. The summed E-state index contributed by atoms with van der Waals surface area (Å²) in [6, 6.07) is 0.812. The minimum atomic E-state index is 0.299. The van der Waals surface area contributed by atoms with Gasteiger partial charge in [0.15, 0.2) is 0 Å². The summed E-state index contributed by atoms with van der Waals surface area (Å²) < 4.78 is 2.40. The van der Waals surface area contributed by atoms with Crippen LogP contribution < -0.4 is 5.32 Å². The zero-order valence-corrected chi connectivity index (χ0v) is 13.6. The van der Waals surface area contributed by atoms with Gasteiger partial charge < -0.3 is 14.8 Å². The van der Waals surface area contributed by atoms with Gasteiger partial charge in [-0.3, -0.25) is 0 Å². The summed E-state index contributed by atoms with van der Waals surface area (Å²) in [6.07, 6.45) is 12.2. The number of imidazole rings is 1. The molecule has 1 aliphatic heterocycles. The summed E-state index contributed by atoms with van der Waals surface area (Å²) in [5.41, 5.74) is 1.73. The van der Waals surface area contributed by atoms with Crippen molar-refractivity contribution in [2.45, 2.75) is 63.5 Å². The van der Waals surface area contributed by atoms with Gasteiger partial charge in [-0.15, -0.1) is 0 Å². The molecule has 0 amide bonds. The van der Waals surface area contributed by atoms with Crippen molar-refractivity contribution in [1.82, 2.24) is 19.8 Å². The van der Waals surface area contributed by atoms with Gasteiger partial charge in [-0.1, -0.05) is 19.8 Å². The van der Waals surface area contributed by atoms with E-state index in [-0.39, 0.29) is 0 Å². The lowest BCUT2D eigenvalue weighted by Gasteiger charge is -2.35. The van der Waals surface area contributed by atoms with E-state index in [1.54, 1.807) is 0 Å². The number of likely N-dealkylation sites (N-methyl/N-ethyl adjacent to an activating group) is 1. The Balaban J connectivity index is 1.62. The first-order valence-corrected chi connectivity index (χ1v) is 8.61. The molecule has 118 valence electrons. The van der Waals surface area contributed by atoms with Crippen molar-refractivity contribution in [2.24, 2.45) is 0 Å². The second kappa shape index (κ2) is 6.49. The fraction of sp³-hybridized carbons (Fsp3) is 0.824. The van der Waals surface area contributed by atoms with Crippen LogP contribution >= 0.6 is 0 Å². The van der Waals surface area contributed by atoms with Gasteiger partial charge in [0.1, 0.15) is 0 Å². The lowest BCUT2D eigenvalue weighted by Crippen LogP contribution is -2.39. The number of piperidine rings is 1. The van der Waals surface area contributed by atoms with Crippen LogP contribution in [-0.4, -0.2) is 47.2 Å². The number of nitrogens with one attached hydrogen (secondary N) is 1. The van der Waals surface area contributed by atoms with Gasteiger partial charge in [-0.2, -0.15) is 0 Å². The Hall–Kier alpha value is -0.870. The maximum absolute atomic E-state index is 4.44. The van der Waals surface area contributed by atoms with Gasteiger partial charge in [0, 0.05) is 36.4 Å². The van der Waals surface area contributed by atoms with Crippen molar-refractivity contribution >= 4 is 0 Å². The molecule has 0 spiro atoms. The highest BCUT2D eigenvalue weighted by Gasteiger charge is 2.31. The Labute approximate surface area is 128 Å². The Morgan fingerprint density at radius 1 is 1.33 bits per heavy atom. The smallest absolute Gasteiger partial charge is 0.0948 e. The van der Waals surface area contributed by atoms with Crippen LogP contribution in [-0.2, 0) is 12.0 Å². The SMILES string of the molecule is CN(CCn1cncc1C1(C)CCNCC1)C1CCCC1. The van der Waals surface area contributed by atoms with Crippen LogP contribution in [0.2, 0.25) is 0 Å². The van der Waals surface area contributed by atoms with E-state index in [1.807, 2.05) is 6.33 Å². The molecule has 2 fully saturated rings. The van der Waals surface area contributed by atoms with Crippen LogP contribution in [0.5, 0.6) is 0 Å². The summed E-state index contributed by atoms with van der Waals surface area (Å²) in [4.78, 5) is 7.00. The minimum absolute atomic E-state index is 0.299. The van der Waals surface area contributed by atoms with Crippen LogP contribution in [0, 0.1) is 0 Å². The summed E-state index contributed by atoms with van der Waals surface area (Å²) >= 11 is 0. The maximum atomic E-state index is 4.44.